The monoisotopic (exact) mass is 794 g/mol. The number of nitrogens with one attached hydrogen (secondary N) is 5. The maximum absolute atomic E-state index is 15.3. The van der Waals surface area contributed by atoms with Crippen molar-refractivity contribution in [3.63, 3.8) is 0 Å². The Balaban J connectivity index is 1.43. The minimum absolute atomic E-state index is 0.0175. The number of carbonyl (C=O) groups excluding carboxylic acids is 4. The Morgan fingerprint density at radius 1 is 0.807 bits per heavy atom. The number of hydrogen-bond acceptors (Lipinski definition) is 7. The van der Waals surface area contributed by atoms with Crippen molar-refractivity contribution in [2.45, 2.75) is 88.8 Å². The molecule has 2 aromatic heterocycles. The second-order valence-corrected chi connectivity index (χ2v) is 15.3. The number of alkyl halides is 1. The first-order valence-electron chi connectivity index (χ1n) is 19.7. The molecule has 2 aliphatic heterocycles. The van der Waals surface area contributed by atoms with Crippen LogP contribution in [0.3, 0.4) is 0 Å². The highest BCUT2D eigenvalue weighted by atomic mass is 19.1. The summed E-state index contributed by atoms with van der Waals surface area (Å²) < 4.78 is 46.9. The lowest BCUT2D eigenvalue weighted by atomic mass is 9.94. The number of fused-ring (bicyclic) bond motifs is 2. The van der Waals surface area contributed by atoms with E-state index in [0.29, 0.717) is 51.6 Å². The molecule has 2 saturated heterocycles. The van der Waals surface area contributed by atoms with Crippen LogP contribution in [0.25, 0.3) is 33.2 Å². The van der Waals surface area contributed by atoms with Crippen molar-refractivity contribution in [2.75, 3.05) is 40.3 Å². The largest absolute Gasteiger partial charge is 0.391 e. The highest BCUT2D eigenvalue weighted by Gasteiger charge is 2.41. The Morgan fingerprint density at radius 2 is 1.35 bits per heavy atom. The van der Waals surface area contributed by atoms with E-state index in [9.17, 15) is 33.1 Å². The molecule has 13 nitrogen and oxygen atoms in total. The van der Waals surface area contributed by atoms with Gasteiger partial charge in [-0.05, 0) is 93.7 Å². The van der Waals surface area contributed by atoms with E-state index in [2.05, 4.69) is 26.3 Å². The molecular formula is C41H53F3N8O5. The average Bonchev–Trinajstić information content (AvgIpc) is 3.90. The fraction of sp³-hybridized carbons (Fsp3) is 0.512. The zero-order chi connectivity index (χ0) is 41.1. The number of likely N-dealkylation sites (N-methyl/N-ethyl adjacent to an activating group) is 2. The van der Waals surface area contributed by atoms with Gasteiger partial charge in [-0.3, -0.25) is 19.2 Å². The summed E-state index contributed by atoms with van der Waals surface area (Å²) in [6, 6.07) is 6.02. The number of aliphatic hydroxyl groups excluding tert-OH is 1. The first kappa shape index (κ1) is 41.7. The van der Waals surface area contributed by atoms with Crippen LogP contribution in [0.1, 0.15) is 50.7 Å². The molecule has 0 spiro atoms. The molecule has 16 heteroatoms. The van der Waals surface area contributed by atoms with Gasteiger partial charge < -0.3 is 45.7 Å². The molecule has 2 aliphatic rings. The number of carbonyl (C=O) groups is 4. The first-order chi connectivity index (χ1) is 27.3. The van der Waals surface area contributed by atoms with Crippen LogP contribution >= 0.6 is 0 Å². The van der Waals surface area contributed by atoms with Gasteiger partial charge in [0.2, 0.25) is 23.6 Å². The quantitative estimate of drug-likeness (QED) is 0.108. The minimum Gasteiger partial charge on any atom is -0.391 e. The Hall–Kier alpha value is -4.93. The third-order valence-electron chi connectivity index (χ3n) is 11.3. The summed E-state index contributed by atoms with van der Waals surface area (Å²) >= 11 is 0. The zero-order valence-electron chi connectivity index (χ0n) is 33.1. The van der Waals surface area contributed by atoms with Gasteiger partial charge in [-0.1, -0.05) is 13.8 Å². The van der Waals surface area contributed by atoms with E-state index < -0.39 is 54.0 Å². The number of aromatic amines is 1. The molecule has 4 aromatic rings. The molecule has 6 atom stereocenters. The number of β-amino-alcohol motifs (C(OH)–C–C–N with tert-alkyl or cyclic N) is 1. The summed E-state index contributed by atoms with van der Waals surface area (Å²) in [5, 5.41) is 23.4. The van der Waals surface area contributed by atoms with E-state index in [1.165, 1.54) is 29.2 Å². The molecule has 6 N–H and O–H groups in total. The van der Waals surface area contributed by atoms with Crippen LogP contribution < -0.4 is 21.3 Å². The van der Waals surface area contributed by atoms with Gasteiger partial charge in [-0.15, -0.1) is 0 Å². The van der Waals surface area contributed by atoms with Crippen molar-refractivity contribution in [2.24, 2.45) is 7.05 Å². The summed E-state index contributed by atoms with van der Waals surface area (Å²) in [5.74, 6) is -2.34. The van der Waals surface area contributed by atoms with Crippen LogP contribution in [-0.4, -0.2) is 125 Å². The lowest BCUT2D eigenvalue weighted by molar-refractivity contribution is -0.137. The van der Waals surface area contributed by atoms with E-state index in [4.69, 9.17) is 0 Å². The van der Waals surface area contributed by atoms with Gasteiger partial charge in [0, 0.05) is 48.4 Å². The fourth-order valence-electron chi connectivity index (χ4n) is 8.69. The summed E-state index contributed by atoms with van der Waals surface area (Å²) in [5.41, 5.74) is 3.66. The fourth-order valence-corrected chi connectivity index (χ4v) is 8.69. The molecule has 2 aromatic carbocycles. The summed E-state index contributed by atoms with van der Waals surface area (Å²) in [6.07, 6.45) is -0.748. The number of aromatic nitrogens is 2. The summed E-state index contributed by atoms with van der Waals surface area (Å²) in [6.45, 7) is 3.55. The molecule has 57 heavy (non-hydrogen) atoms. The van der Waals surface area contributed by atoms with Gasteiger partial charge in [0.25, 0.3) is 0 Å². The molecule has 2 fully saturated rings. The maximum atomic E-state index is 15.3. The van der Waals surface area contributed by atoms with Crippen molar-refractivity contribution in [1.29, 1.82) is 0 Å². The van der Waals surface area contributed by atoms with Gasteiger partial charge in [-0.25, -0.2) is 13.2 Å². The third-order valence-corrected chi connectivity index (χ3v) is 11.3. The van der Waals surface area contributed by atoms with Gasteiger partial charge >= 0.3 is 0 Å². The Kier molecular flexibility index (Phi) is 12.9. The SMILES string of the molecule is CCC(NC(=O)CNC)C(=O)N1CC(O)CC1Cc1c(-c2[nH]c3cc(F)ccc3c2CC2CC(F)CN2C(=O)C(CC)NC(=O)CNC)n(C)c2cc(F)ccc12. The smallest absolute Gasteiger partial charge is 0.245 e. The van der Waals surface area contributed by atoms with E-state index >= 15 is 4.39 Å². The van der Waals surface area contributed by atoms with Gasteiger partial charge in [0.05, 0.1) is 42.6 Å². The van der Waals surface area contributed by atoms with E-state index in [1.807, 2.05) is 4.57 Å². The molecule has 4 amide bonds. The molecule has 6 unspecified atom stereocenters. The van der Waals surface area contributed by atoms with Crippen LogP contribution in [0.15, 0.2) is 36.4 Å². The number of rotatable bonds is 15. The number of nitrogens with zero attached hydrogens (tertiary/aromatic N) is 3. The summed E-state index contributed by atoms with van der Waals surface area (Å²) in [7, 11) is 5.04. The first-order valence-corrected chi connectivity index (χ1v) is 19.7. The molecule has 0 saturated carbocycles. The number of benzene rings is 2. The Bertz CT molecular complexity index is 2140. The molecular weight excluding hydrogens is 741 g/mol. The second-order valence-electron chi connectivity index (χ2n) is 15.3. The molecule has 0 radical (unpaired) electrons. The lowest BCUT2D eigenvalue weighted by Gasteiger charge is -2.29. The van der Waals surface area contributed by atoms with Crippen molar-refractivity contribution in [1.82, 2.24) is 40.6 Å². The number of aliphatic hydroxyl groups is 1. The van der Waals surface area contributed by atoms with Crippen molar-refractivity contribution < 1.29 is 37.5 Å². The number of aryl methyl sites for hydroxylation is 1. The van der Waals surface area contributed by atoms with Gasteiger partial charge in [0.1, 0.15) is 29.9 Å². The van der Waals surface area contributed by atoms with Crippen LogP contribution in [0.5, 0.6) is 0 Å². The highest BCUT2D eigenvalue weighted by Crippen LogP contribution is 2.41. The molecule has 0 aliphatic carbocycles. The summed E-state index contributed by atoms with van der Waals surface area (Å²) in [4.78, 5) is 59.4. The number of amides is 4. The number of H-pyrrole nitrogens is 1. The molecule has 4 heterocycles. The predicted octanol–water partition coefficient (Wildman–Crippen LogP) is 2.82. The minimum atomic E-state index is -1.31. The third kappa shape index (κ3) is 8.67. The number of likely N-dealkylation sites (tertiary alicyclic amines) is 2. The predicted molar refractivity (Wildman–Crippen MR) is 211 cm³/mol. The number of halogens is 3. The van der Waals surface area contributed by atoms with Crippen LogP contribution in [0.2, 0.25) is 0 Å². The molecule has 308 valence electrons. The van der Waals surface area contributed by atoms with E-state index in [-0.39, 0.29) is 69.6 Å². The van der Waals surface area contributed by atoms with Crippen LogP contribution in [0, 0.1) is 11.6 Å². The van der Waals surface area contributed by atoms with Crippen LogP contribution in [0.4, 0.5) is 13.2 Å². The van der Waals surface area contributed by atoms with Crippen molar-refractivity contribution >= 4 is 45.4 Å². The van der Waals surface area contributed by atoms with Crippen LogP contribution in [-0.2, 0) is 39.1 Å². The highest BCUT2D eigenvalue weighted by molar-refractivity contribution is 5.97. The topological polar surface area (TPSA) is 164 Å². The molecule has 0 bridgehead atoms. The lowest BCUT2D eigenvalue weighted by Crippen LogP contribution is -2.51. The van der Waals surface area contributed by atoms with E-state index in [0.717, 1.165) is 5.56 Å². The Morgan fingerprint density at radius 3 is 1.95 bits per heavy atom. The Labute approximate surface area is 329 Å². The second kappa shape index (κ2) is 17.7. The standard InChI is InChI=1S/C41H53F3N8O5/c1-6-32(47-36(54)18-45-3)40(56)51-20-24(44)12-25(51)16-30-28-10-8-22(42)13-34(28)49-38(30)39-31(29-11-9-23(43)14-35(29)50(39)5)17-26-15-27(53)21-52(26)41(57)33(7-2)48-37(55)19-46-4/h8-11,13-14,24-27,32-33,45-46,49,53H,6-7,12,15-21H2,1-5H3,(H,47,54)(H,48,55). The van der Waals surface area contributed by atoms with E-state index in [1.54, 1.807) is 52.0 Å². The zero-order valence-corrected chi connectivity index (χ0v) is 33.1. The molecule has 6 rings (SSSR count). The number of hydrogen-bond donors (Lipinski definition) is 6. The van der Waals surface area contributed by atoms with Crippen molar-refractivity contribution in [3.8, 4) is 11.4 Å². The normalized spacial score (nSPS) is 20.7. The average molecular weight is 795 g/mol. The van der Waals surface area contributed by atoms with Gasteiger partial charge in [-0.2, -0.15) is 0 Å². The van der Waals surface area contributed by atoms with Crippen molar-refractivity contribution in [3.05, 3.63) is 59.2 Å². The van der Waals surface area contributed by atoms with Gasteiger partial charge in [0.15, 0.2) is 0 Å². The maximum Gasteiger partial charge on any atom is 0.245 e.